The van der Waals surface area contributed by atoms with Gasteiger partial charge in [-0.15, -0.1) is 11.3 Å². The molecule has 3 aromatic rings. The molecule has 0 saturated carbocycles. The summed E-state index contributed by atoms with van der Waals surface area (Å²) in [6, 6.07) is 9.66. The normalized spacial score (nSPS) is 15.5. The van der Waals surface area contributed by atoms with Crippen molar-refractivity contribution < 1.29 is 12.8 Å². The van der Waals surface area contributed by atoms with Crippen molar-refractivity contribution in [1.29, 1.82) is 0 Å². The van der Waals surface area contributed by atoms with Gasteiger partial charge in [0.05, 0.1) is 10.7 Å². The third-order valence-corrected chi connectivity index (χ3v) is 8.46. The van der Waals surface area contributed by atoms with Gasteiger partial charge in [0, 0.05) is 37.1 Å². The van der Waals surface area contributed by atoms with E-state index >= 15 is 0 Å². The quantitative estimate of drug-likeness (QED) is 0.559. The van der Waals surface area contributed by atoms with Crippen molar-refractivity contribution in [1.82, 2.24) is 9.29 Å². The van der Waals surface area contributed by atoms with Gasteiger partial charge in [-0.05, 0) is 43.7 Å². The van der Waals surface area contributed by atoms with E-state index in [2.05, 4.69) is 36.9 Å². The molecule has 0 radical (unpaired) electrons. The van der Waals surface area contributed by atoms with Gasteiger partial charge in [-0.25, -0.2) is 17.8 Å². The van der Waals surface area contributed by atoms with Gasteiger partial charge in [-0.2, -0.15) is 4.31 Å². The Morgan fingerprint density at radius 2 is 1.80 bits per heavy atom. The highest BCUT2D eigenvalue weighted by atomic mass is 35.5. The van der Waals surface area contributed by atoms with Crippen LogP contribution in [0.5, 0.6) is 0 Å². The van der Waals surface area contributed by atoms with Gasteiger partial charge in [0.15, 0.2) is 5.13 Å². The number of hydrogen-bond donors (Lipinski definition) is 0. The van der Waals surface area contributed by atoms with Crippen molar-refractivity contribution in [3.05, 3.63) is 63.7 Å². The monoisotopic (exact) mass is 465 g/mol. The molecule has 0 N–H and O–H groups in total. The third kappa shape index (κ3) is 4.09. The van der Waals surface area contributed by atoms with Crippen LogP contribution in [0.3, 0.4) is 0 Å². The van der Waals surface area contributed by atoms with Gasteiger partial charge in [-0.1, -0.05) is 29.3 Å². The second-order valence-corrected chi connectivity index (χ2v) is 10.4. The molecule has 4 rings (SSSR count). The molecule has 1 fully saturated rings. The average Bonchev–Trinajstić information content (AvgIpc) is 3.19. The summed E-state index contributed by atoms with van der Waals surface area (Å²) in [6.07, 6.45) is 0. The number of piperazine rings is 1. The summed E-state index contributed by atoms with van der Waals surface area (Å²) >= 11 is 7.54. The van der Waals surface area contributed by atoms with E-state index in [1.165, 1.54) is 21.5 Å². The minimum absolute atomic E-state index is 0.0644. The van der Waals surface area contributed by atoms with Crippen molar-refractivity contribution in [2.45, 2.75) is 18.7 Å². The lowest BCUT2D eigenvalue weighted by Crippen LogP contribution is -2.48. The number of rotatable bonds is 4. The van der Waals surface area contributed by atoms with E-state index in [0.717, 1.165) is 28.5 Å². The van der Waals surface area contributed by atoms with Crippen LogP contribution < -0.4 is 4.90 Å². The molecule has 9 heteroatoms. The predicted octanol–water partition coefficient (Wildman–Crippen LogP) is 4.73. The van der Waals surface area contributed by atoms with E-state index in [1.54, 1.807) is 11.3 Å². The second kappa shape index (κ2) is 8.26. The second-order valence-electron chi connectivity index (χ2n) is 7.30. The van der Waals surface area contributed by atoms with E-state index in [9.17, 15) is 12.8 Å². The maximum atomic E-state index is 13.3. The SMILES string of the molecule is Cc1ccc(C)c(-c2csc(N3CCN(S(=O)(=O)c4ccc(F)cc4Cl)CC3)n2)c1. The van der Waals surface area contributed by atoms with Gasteiger partial charge in [0.1, 0.15) is 10.7 Å². The number of aromatic nitrogens is 1. The molecule has 0 spiro atoms. The van der Waals surface area contributed by atoms with Gasteiger partial charge in [0.25, 0.3) is 0 Å². The minimum atomic E-state index is -3.77. The van der Waals surface area contributed by atoms with E-state index in [0.29, 0.717) is 26.2 Å². The molecule has 158 valence electrons. The number of aryl methyl sites for hydroxylation is 2. The highest BCUT2D eigenvalue weighted by Crippen LogP contribution is 2.32. The summed E-state index contributed by atoms with van der Waals surface area (Å²) < 4.78 is 40.5. The zero-order chi connectivity index (χ0) is 21.5. The van der Waals surface area contributed by atoms with Crippen LogP contribution in [0.25, 0.3) is 11.3 Å². The van der Waals surface area contributed by atoms with Crippen LogP contribution in [0.1, 0.15) is 11.1 Å². The van der Waals surface area contributed by atoms with Crippen LogP contribution >= 0.6 is 22.9 Å². The highest BCUT2D eigenvalue weighted by molar-refractivity contribution is 7.89. The molecule has 0 amide bonds. The maximum Gasteiger partial charge on any atom is 0.244 e. The first-order chi connectivity index (χ1) is 14.3. The molecule has 1 aliphatic rings. The summed E-state index contributed by atoms with van der Waals surface area (Å²) in [7, 11) is -3.77. The Labute approximate surface area is 184 Å². The summed E-state index contributed by atoms with van der Waals surface area (Å²) in [5, 5.41) is 2.82. The lowest BCUT2D eigenvalue weighted by molar-refractivity contribution is 0.384. The third-order valence-electron chi connectivity index (χ3n) is 5.18. The molecule has 2 heterocycles. The minimum Gasteiger partial charge on any atom is -0.345 e. The summed E-state index contributed by atoms with van der Waals surface area (Å²) in [5.74, 6) is -0.563. The summed E-state index contributed by atoms with van der Waals surface area (Å²) in [5.41, 5.74) is 4.40. The number of thiazole rings is 1. The number of sulfonamides is 1. The zero-order valence-electron chi connectivity index (χ0n) is 16.6. The summed E-state index contributed by atoms with van der Waals surface area (Å²) in [6.45, 7) is 5.81. The molecule has 1 aliphatic heterocycles. The van der Waals surface area contributed by atoms with Crippen molar-refractivity contribution in [3.63, 3.8) is 0 Å². The molecular formula is C21H21ClFN3O2S2. The Morgan fingerprint density at radius 3 is 2.50 bits per heavy atom. The van der Waals surface area contributed by atoms with E-state index in [1.807, 2.05) is 5.38 Å². The van der Waals surface area contributed by atoms with Crippen LogP contribution in [0.2, 0.25) is 5.02 Å². The molecule has 0 atom stereocenters. The molecule has 5 nitrogen and oxygen atoms in total. The molecule has 0 unspecified atom stereocenters. The van der Waals surface area contributed by atoms with Crippen molar-refractivity contribution in [2.24, 2.45) is 0 Å². The first-order valence-electron chi connectivity index (χ1n) is 9.49. The zero-order valence-corrected chi connectivity index (χ0v) is 19.0. The van der Waals surface area contributed by atoms with Crippen molar-refractivity contribution >= 4 is 38.1 Å². The van der Waals surface area contributed by atoms with Crippen LogP contribution in [0, 0.1) is 19.7 Å². The van der Waals surface area contributed by atoms with Gasteiger partial charge in [0.2, 0.25) is 10.0 Å². The van der Waals surface area contributed by atoms with E-state index in [4.69, 9.17) is 16.6 Å². The van der Waals surface area contributed by atoms with Crippen LogP contribution in [0.15, 0.2) is 46.7 Å². The maximum absolute atomic E-state index is 13.3. The molecule has 1 saturated heterocycles. The fraction of sp³-hybridized carbons (Fsp3) is 0.286. The fourth-order valence-electron chi connectivity index (χ4n) is 3.49. The highest BCUT2D eigenvalue weighted by Gasteiger charge is 2.31. The Kier molecular flexibility index (Phi) is 5.85. The molecule has 1 aromatic heterocycles. The fourth-order valence-corrected chi connectivity index (χ4v) is 6.29. The average molecular weight is 466 g/mol. The Bertz CT molecular complexity index is 1190. The van der Waals surface area contributed by atoms with E-state index in [-0.39, 0.29) is 9.92 Å². The number of halogens is 2. The largest absolute Gasteiger partial charge is 0.345 e. The van der Waals surface area contributed by atoms with Gasteiger partial charge < -0.3 is 4.90 Å². The molecular weight excluding hydrogens is 445 g/mol. The van der Waals surface area contributed by atoms with Crippen LogP contribution in [0.4, 0.5) is 9.52 Å². The predicted molar refractivity (Wildman–Crippen MR) is 119 cm³/mol. The van der Waals surface area contributed by atoms with Gasteiger partial charge in [-0.3, -0.25) is 0 Å². The molecule has 0 aliphatic carbocycles. The molecule has 2 aromatic carbocycles. The number of hydrogen-bond acceptors (Lipinski definition) is 5. The lowest BCUT2D eigenvalue weighted by atomic mass is 10.0. The van der Waals surface area contributed by atoms with Crippen molar-refractivity contribution in [2.75, 3.05) is 31.1 Å². The number of benzene rings is 2. The molecule has 0 bridgehead atoms. The number of anilines is 1. The van der Waals surface area contributed by atoms with Crippen LogP contribution in [-0.2, 0) is 10.0 Å². The number of nitrogens with zero attached hydrogens (tertiary/aromatic N) is 3. The van der Waals surface area contributed by atoms with E-state index < -0.39 is 15.8 Å². The standard InChI is InChI=1S/C21H21ClFN3O2S2/c1-14-3-4-15(2)17(11-14)19-13-29-21(24-19)25-7-9-26(10-8-25)30(27,28)20-6-5-16(23)12-18(20)22/h3-6,11-13H,7-10H2,1-2H3. The first-order valence-corrected chi connectivity index (χ1v) is 12.2. The summed E-state index contributed by atoms with van der Waals surface area (Å²) in [4.78, 5) is 6.82. The Hall–Kier alpha value is -2.00. The van der Waals surface area contributed by atoms with Crippen molar-refractivity contribution in [3.8, 4) is 11.3 Å². The Balaban J connectivity index is 1.49. The van der Waals surface area contributed by atoms with Gasteiger partial charge >= 0.3 is 0 Å². The lowest BCUT2D eigenvalue weighted by Gasteiger charge is -2.33. The molecule has 30 heavy (non-hydrogen) atoms. The first kappa shape index (κ1) is 21.2. The smallest absolute Gasteiger partial charge is 0.244 e. The topological polar surface area (TPSA) is 53.5 Å². The Morgan fingerprint density at radius 1 is 1.07 bits per heavy atom. The van der Waals surface area contributed by atoms with Crippen LogP contribution in [-0.4, -0.2) is 43.9 Å².